The minimum absolute atomic E-state index is 0.124. The first kappa shape index (κ1) is 18.8. The van der Waals surface area contributed by atoms with Crippen LogP contribution in [0.2, 0.25) is 0 Å². The van der Waals surface area contributed by atoms with Crippen LogP contribution in [0, 0.1) is 0 Å². The van der Waals surface area contributed by atoms with Crippen LogP contribution in [0.4, 0.5) is 4.79 Å². The lowest BCUT2D eigenvalue weighted by Crippen LogP contribution is -2.44. The number of rotatable bonds is 7. The van der Waals surface area contributed by atoms with Gasteiger partial charge >= 0.3 is 6.03 Å². The van der Waals surface area contributed by atoms with Crippen LogP contribution in [-0.2, 0) is 5.60 Å². The largest absolute Gasteiger partial charge is 0.494 e. The molecule has 0 aliphatic heterocycles. The molecule has 0 aliphatic carbocycles. The van der Waals surface area contributed by atoms with Gasteiger partial charge in [-0.1, -0.05) is 42.5 Å². The van der Waals surface area contributed by atoms with Gasteiger partial charge in [0.2, 0.25) is 0 Å². The van der Waals surface area contributed by atoms with E-state index in [0.717, 1.165) is 16.9 Å². The van der Waals surface area contributed by atoms with Crippen LogP contribution in [0.3, 0.4) is 0 Å². The van der Waals surface area contributed by atoms with E-state index in [4.69, 9.17) is 4.74 Å². The van der Waals surface area contributed by atoms with Gasteiger partial charge in [0.05, 0.1) is 19.2 Å². The minimum atomic E-state index is -1.12. The third kappa shape index (κ3) is 5.50. The zero-order chi connectivity index (χ0) is 18.3. The van der Waals surface area contributed by atoms with Crippen LogP contribution in [0.1, 0.15) is 37.9 Å². The van der Waals surface area contributed by atoms with Gasteiger partial charge in [-0.15, -0.1) is 0 Å². The van der Waals surface area contributed by atoms with Gasteiger partial charge in [0.1, 0.15) is 11.4 Å². The van der Waals surface area contributed by atoms with Crippen molar-refractivity contribution < 1.29 is 14.6 Å². The summed E-state index contributed by atoms with van der Waals surface area (Å²) in [4.78, 5) is 12.1. The van der Waals surface area contributed by atoms with E-state index in [1.165, 1.54) is 0 Å². The Kier molecular flexibility index (Phi) is 6.42. The number of urea groups is 1. The molecular formula is C20H26N2O3. The minimum Gasteiger partial charge on any atom is -0.494 e. The lowest BCUT2D eigenvalue weighted by Gasteiger charge is -2.25. The van der Waals surface area contributed by atoms with Gasteiger partial charge < -0.3 is 20.5 Å². The van der Waals surface area contributed by atoms with E-state index in [-0.39, 0.29) is 18.6 Å². The van der Waals surface area contributed by atoms with Crippen molar-refractivity contribution in [3.63, 3.8) is 0 Å². The van der Waals surface area contributed by atoms with Crippen LogP contribution < -0.4 is 15.4 Å². The maximum Gasteiger partial charge on any atom is 0.315 e. The summed E-state index contributed by atoms with van der Waals surface area (Å²) in [6, 6.07) is 16.4. The van der Waals surface area contributed by atoms with Crippen LogP contribution >= 0.6 is 0 Å². The predicted octanol–water partition coefficient (Wildman–Crippen LogP) is 3.35. The fourth-order valence-corrected chi connectivity index (χ4v) is 2.50. The molecule has 2 atom stereocenters. The molecule has 2 unspecified atom stereocenters. The Morgan fingerprint density at radius 3 is 2.40 bits per heavy atom. The van der Waals surface area contributed by atoms with Crippen molar-refractivity contribution >= 4 is 6.03 Å². The number of hydrogen-bond acceptors (Lipinski definition) is 3. The molecule has 134 valence electrons. The number of aliphatic hydroxyl groups is 1. The van der Waals surface area contributed by atoms with E-state index in [1.54, 1.807) is 6.92 Å². The van der Waals surface area contributed by atoms with Crippen LogP contribution in [-0.4, -0.2) is 24.3 Å². The number of ether oxygens (including phenoxy) is 1. The summed E-state index contributed by atoms with van der Waals surface area (Å²) in [7, 11) is 0. The molecule has 0 heterocycles. The molecule has 5 heteroatoms. The van der Waals surface area contributed by atoms with Gasteiger partial charge in [0.15, 0.2) is 0 Å². The van der Waals surface area contributed by atoms with Crippen molar-refractivity contribution in [2.24, 2.45) is 0 Å². The number of carbonyl (C=O) groups is 1. The molecule has 0 fully saturated rings. The molecule has 0 radical (unpaired) electrons. The van der Waals surface area contributed by atoms with Gasteiger partial charge in [-0.05, 0) is 44.0 Å². The number of benzene rings is 2. The third-order valence-corrected chi connectivity index (χ3v) is 4.03. The van der Waals surface area contributed by atoms with Crippen molar-refractivity contribution in [2.45, 2.75) is 32.4 Å². The van der Waals surface area contributed by atoms with Crippen LogP contribution in [0.15, 0.2) is 54.6 Å². The maximum atomic E-state index is 12.1. The lowest BCUT2D eigenvalue weighted by molar-refractivity contribution is 0.0593. The summed E-state index contributed by atoms with van der Waals surface area (Å²) >= 11 is 0. The van der Waals surface area contributed by atoms with Crippen molar-refractivity contribution in [1.82, 2.24) is 10.6 Å². The molecule has 25 heavy (non-hydrogen) atoms. The second-order valence-electron chi connectivity index (χ2n) is 6.19. The second kappa shape index (κ2) is 8.53. The van der Waals surface area contributed by atoms with Crippen molar-refractivity contribution in [2.75, 3.05) is 13.2 Å². The number of nitrogens with one attached hydrogen (secondary N) is 2. The van der Waals surface area contributed by atoms with Crippen molar-refractivity contribution in [3.8, 4) is 5.75 Å². The molecule has 5 nitrogen and oxygen atoms in total. The fourth-order valence-electron chi connectivity index (χ4n) is 2.50. The number of hydrogen-bond donors (Lipinski definition) is 3. The highest BCUT2D eigenvalue weighted by Crippen LogP contribution is 2.19. The maximum absolute atomic E-state index is 12.1. The van der Waals surface area contributed by atoms with Gasteiger partial charge in [0, 0.05) is 0 Å². The molecule has 0 aromatic heterocycles. The standard InChI is InChI=1S/C20H26N2O3/c1-4-25-18-12-10-16(11-13-18)15(2)22-19(23)21-14-20(3,24)17-8-6-5-7-9-17/h5-13,15,24H,4,14H2,1-3H3,(H2,21,22,23). The average molecular weight is 342 g/mol. The summed E-state index contributed by atoms with van der Waals surface area (Å²) in [5.41, 5.74) is 0.615. The van der Waals surface area contributed by atoms with Crippen molar-refractivity contribution in [1.29, 1.82) is 0 Å². The number of amides is 2. The Bertz CT molecular complexity index is 669. The lowest BCUT2D eigenvalue weighted by atomic mass is 9.96. The monoisotopic (exact) mass is 342 g/mol. The van der Waals surface area contributed by atoms with Gasteiger partial charge in [0.25, 0.3) is 0 Å². The van der Waals surface area contributed by atoms with E-state index in [2.05, 4.69) is 10.6 Å². The summed E-state index contributed by atoms with van der Waals surface area (Å²) < 4.78 is 5.41. The molecule has 0 spiro atoms. The van der Waals surface area contributed by atoms with E-state index >= 15 is 0 Å². The first-order valence-corrected chi connectivity index (χ1v) is 8.47. The summed E-state index contributed by atoms with van der Waals surface area (Å²) in [5, 5.41) is 16.1. The van der Waals surface area contributed by atoms with Crippen LogP contribution in [0.25, 0.3) is 0 Å². The summed E-state index contributed by atoms with van der Waals surface area (Å²) in [5.74, 6) is 0.807. The highest BCUT2D eigenvalue weighted by atomic mass is 16.5. The van der Waals surface area contributed by atoms with Crippen LogP contribution in [0.5, 0.6) is 5.75 Å². The zero-order valence-electron chi connectivity index (χ0n) is 15.0. The predicted molar refractivity (Wildman–Crippen MR) is 98.6 cm³/mol. The first-order valence-electron chi connectivity index (χ1n) is 8.47. The second-order valence-corrected chi connectivity index (χ2v) is 6.19. The molecule has 0 aliphatic rings. The summed E-state index contributed by atoms with van der Waals surface area (Å²) in [6.45, 7) is 6.27. The topological polar surface area (TPSA) is 70.6 Å². The molecule has 3 N–H and O–H groups in total. The molecule has 0 saturated heterocycles. The quantitative estimate of drug-likeness (QED) is 0.723. The fraction of sp³-hybridized carbons (Fsp3) is 0.350. The highest BCUT2D eigenvalue weighted by molar-refractivity contribution is 5.74. The SMILES string of the molecule is CCOc1ccc(C(C)NC(=O)NCC(C)(O)c2ccccc2)cc1. The Labute approximate surface area is 149 Å². The normalized spacial score (nSPS) is 14.2. The molecular weight excluding hydrogens is 316 g/mol. The molecule has 0 saturated carbocycles. The Morgan fingerprint density at radius 2 is 1.80 bits per heavy atom. The van der Waals surface area contributed by atoms with E-state index in [0.29, 0.717) is 6.61 Å². The number of carbonyl (C=O) groups excluding carboxylic acids is 1. The summed E-state index contributed by atoms with van der Waals surface area (Å²) in [6.07, 6.45) is 0. The van der Waals surface area contributed by atoms with E-state index < -0.39 is 5.60 Å². The Morgan fingerprint density at radius 1 is 1.16 bits per heavy atom. The smallest absolute Gasteiger partial charge is 0.315 e. The van der Waals surface area contributed by atoms with Gasteiger partial charge in [-0.25, -0.2) is 4.79 Å². The highest BCUT2D eigenvalue weighted by Gasteiger charge is 2.23. The molecule has 0 bridgehead atoms. The van der Waals surface area contributed by atoms with E-state index in [9.17, 15) is 9.90 Å². The molecule has 2 aromatic rings. The van der Waals surface area contributed by atoms with Gasteiger partial charge in [-0.3, -0.25) is 0 Å². The zero-order valence-corrected chi connectivity index (χ0v) is 15.0. The van der Waals surface area contributed by atoms with Gasteiger partial charge in [-0.2, -0.15) is 0 Å². The molecule has 2 aromatic carbocycles. The van der Waals surface area contributed by atoms with Crippen molar-refractivity contribution in [3.05, 3.63) is 65.7 Å². The molecule has 2 amide bonds. The molecule has 2 rings (SSSR count). The average Bonchev–Trinajstić information content (AvgIpc) is 2.62. The Hall–Kier alpha value is -2.53. The van der Waals surface area contributed by atoms with E-state index in [1.807, 2.05) is 68.4 Å². The Balaban J connectivity index is 1.87. The first-order chi connectivity index (χ1) is 11.9. The third-order valence-electron chi connectivity index (χ3n) is 4.03.